The molecule has 1 fully saturated rings. The summed E-state index contributed by atoms with van der Waals surface area (Å²) in [6, 6.07) is 15.4. The maximum Gasteiger partial charge on any atom is 0.238 e. The van der Waals surface area contributed by atoms with Gasteiger partial charge in [0.05, 0.1) is 12.2 Å². The standard InChI is InChI=1S/C21H27N3O2/c1-16(2)17-7-3-4-8-18(17)22-21(26)15-23-11-13-24(14-12-23)19-9-5-6-10-20(19)25/h3-10,16,25H,11-15H2,1-2H3,(H,22,26). The maximum absolute atomic E-state index is 12.5. The lowest BCUT2D eigenvalue weighted by Crippen LogP contribution is -2.48. The topological polar surface area (TPSA) is 55.8 Å². The van der Waals surface area contributed by atoms with Gasteiger partial charge in [0.1, 0.15) is 5.75 Å². The van der Waals surface area contributed by atoms with Gasteiger partial charge in [0.15, 0.2) is 0 Å². The number of para-hydroxylation sites is 3. The van der Waals surface area contributed by atoms with E-state index in [2.05, 4.69) is 35.0 Å². The maximum atomic E-state index is 12.5. The van der Waals surface area contributed by atoms with Crippen molar-refractivity contribution in [3.63, 3.8) is 0 Å². The first kappa shape index (κ1) is 18.3. The summed E-state index contributed by atoms with van der Waals surface area (Å²) in [5, 5.41) is 13.0. The predicted octanol–water partition coefficient (Wildman–Crippen LogP) is 3.28. The van der Waals surface area contributed by atoms with Crippen molar-refractivity contribution in [2.24, 2.45) is 0 Å². The molecule has 1 saturated heterocycles. The van der Waals surface area contributed by atoms with Crippen molar-refractivity contribution in [3.8, 4) is 5.75 Å². The van der Waals surface area contributed by atoms with Gasteiger partial charge in [0, 0.05) is 31.9 Å². The molecule has 0 saturated carbocycles. The second-order valence-corrected chi connectivity index (χ2v) is 7.04. The van der Waals surface area contributed by atoms with E-state index in [1.54, 1.807) is 6.07 Å². The van der Waals surface area contributed by atoms with Gasteiger partial charge in [-0.25, -0.2) is 0 Å². The molecule has 1 heterocycles. The number of nitrogens with one attached hydrogen (secondary N) is 1. The van der Waals surface area contributed by atoms with Gasteiger partial charge in [0.25, 0.3) is 0 Å². The van der Waals surface area contributed by atoms with Crippen LogP contribution in [-0.2, 0) is 4.79 Å². The Hall–Kier alpha value is -2.53. The Balaban J connectivity index is 1.53. The molecule has 0 unspecified atom stereocenters. The van der Waals surface area contributed by atoms with Crippen LogP contribution in [0.4, 0.5) is 11.4 Å². The van der Waals surface area contributed by atoms with E-state index in [1.165, 1.54) is 0 Å². The molecule has 2 aromatic carbocycles. The molecule has 0 bridgehead atoms. The van der Waals surface area contributed by atoms with Crippen molar-refractivity contribution in [2.75, 3.05) is 42.9 Å². The summed E-state index contributed by atoms with van der Waals surface area (Å²) >= 11 is 0. The van der Waals surface area contributed by atoms with E-state index in [0.717, 1.165) is 43.1 Å². The number of benzene rings is 2. The minimum Gasteiger partial charge on any atom is -0.506 e. The van der Waals surface area contributed by atoms with Gasteiger partial charge in [0.2, 0.25) is 5.91 Å². The Kier molecular flexibility index (Phi) is 5.78. The van der Waals surface area contributed by atoms with Crippen molar-refractivity contribution >= 4 is 17.3 Å². The first-order valence-corrected chi connectivity index (χ1v) is 9.18. The van der Waals surface area contributed by atoms with Crippen LogP contribution < -0.4 is 10.2 Å². The lowest BCUT2D eigenvalue weighted by atomic mass is 10.0. The molecule has 5 heteroatoms. The Morgan fingerprint density at radius 3 is 2.38 bits per heavy atom. The van der Waals surface area contributed by atoms with Crippen LogP contribution in [0, 0.1) is 0 Å². The number of piperazine rings is 1. The van der Waals surface area contributed by atoms with E-state index < -0.39 is 0 Å². The highest BCUT2D eigenvalue weighted by Gasteiger charge is 2.21. The Morgan fingerprint density at radius 1 is 1.04 bits per heavy atom. The first-order valence-electron chi connectivity index (χ1n) is 9.18. The smallest absolute Gasteiger partial charge is 0.238 e. The lowest BCUT2D eigenvalue weighted by Gasteiger charge is -2.36. The summed E-state index contributed by atoms with van der Waals surface area (Å²) in [6.45, 7) is 7.84. The molecule has 1 aliphatic rings. The minimum atomic E-state index is 0.0223. The first-order chi connectivity index (χ1) is 12.5. The number of amides is 1. The van der Waals surface area contributed by atoms with Crippen molar-refractivity contribution in [1.29, 1.82) is 0 Å². The molecule has 2 aromatic rings. The third-order valence-electron chi connectivity index (χ3n) is 4.82. The largest absolute Gasteiger partial charge is 0.506 e. The second kappa shape index (κ2) is 8.23. The van der Waals surface area contributed by atoms with Crippen LogP contribution in [0.3, 0.4) is 0 Å². The minimum absolute atomic E-state index is 0.0223. The molecule has 3 rings (SSSR count). The number of carbonyl (C=O) groups excluding carboxylic acids is 1. The van der Waals surface area contributed by atoms with Crippen LogP contribution in [-0.4, -0.2) is 48.6 Å². The van der Waals surface area contributed by atoms with Crippen LogP contribution in [0.5, 0.6) is 5.75 Å². The average Bonchev–Trinajstić information content (AvgIpc) is 2.63. The molecule has 0 aliphatic carbocycles. The summed E-state index contributed by atoms with van der Waals surface area (Å²) in [5.74, 6) is 0.701. The van der Waals surface area contributed by atoms with Crippen LogP contribution in [0.15, 0.2) is 48.5 Å². The molecule has 0 aromatic heterocycles. The highest BCUT2D eigenvalue weighted by molar-refractivity contribution is 5.93. The number of nitrogens with zero attached hydrogens (tertiary/aromatic N) is 2. The van der Waals surface area contributed by atoms with Crippen molar-refractivity contribution in [2.45, 2.75) is 19.8 Å². The fourth-order valence-electron chi connectivity index (χ4n) is 3.39. The Morgan fingerprint density at radius 2 is 1.69 bits per heavy atom. The van der Waals surface area contributed by atoms with Gasteiger partial charge < -0.3 is 15.3 Å². The molecule has 0 atom stereocenters. The predicted molar refractivity (Wildman–Crippen MR) is 106 cm³/mol. The number of anilines is 2. The van der Waals surface area contributed by atoms with Crippen molar-refractivity contribution < 1.29 is 9.90 Å². The Labute approximate surface area is 155 Å². The van der Waals surface area contributed by atoms with E-state index in [9.17, 15) is 9.90 Å². The zero-order valence-electron chi connectivity index (χ0n) is 15.5. The molecular formula is C21H27N3O2. The number of rotatable bonds is 5. The average molecular weight is 353 g/mol. The molecular weight excluding hydrogens is 326 g/mol. The summed E-state index contributed by atoms with van der Waals surface area (Å²) in [4.78, 5) is 16.8. The number of phenolic OH excluding ortho intramolecular Hbond substituents is 1. The zero-order chi connectivity index (χ0) is 18.5. The van der Waals surface area contributed by atoms with Gasteiger partial charge in [-0.15, -0.1) is 0 Å². The molecule has 2 N–H and O–H groups in total. The van der Waals surface area contributed by atoms with Gasteiger partial charge in [-0.1, -0.05) is 44.2 Å². The van der Waals surface area contributed by atoms with Gasteiger partial charge >= 0.3 is 0 Å². The normalized spacial score (nSPS) is 15.3. The van der Waals surface area contributed by atoms with Crippen LogP contribution in [0.25, 0.3) is 0 Å². The van der Waals surface area contributed by atoms with E-state index in [1.807, 2.05) is 36.4 Å². The molecule has 0 spiro atoms. The summed E-state index contributed by atoms with van der Waals surface area (Å²) in [7, 11) is 0. The number of phenols is 1. The van der Waals surface area contributed by atoms with Gasteiger partial charge in [-0.3, -0.25) is 9.69 Å². The molecule has 1 amide bonds. The quantitative estimate of drug-likeness (QED) is 0.866. The summed E-state index contributed by atoms with van der Waals surface area (Å²) in [6.07, 6.45) is 0. The summed E-state index contributed by atoms with van der Waals surface area (Å²) < 4.78 is 0. The third-order valence-corrected chi connectivity index (χ3v) is 4.82. The molecule has 0 radical (unpaired) electrons. The number of hydrogen-bond acceptors (Lipinski definition) is 4. The van der Waals surface area contributed by atoms with E-state index in [0.29, 0.717) is 18.2 Å². The number of hydrogen-bond donors (Lipinski definition) is 2. The van der Waals surface area contributed by atoms with E-state index in [4.69, 9.17) is 0 Å². The number of carbonyl (C=O) groups is 1. The summed E-state index contributed by atoms with van der Waals surface area (Å²) in [5.41, 5.74) is 2.92. The SMILES string of the molecule is CC(C)c1ccccc1NC(=O)CN1CCN(c2ccccc2O)CC1. The van der Waals surface area contributed by atoms with Gasteiger partial charge in [-0.2, -0.15) is 0 Å². The monoisotopic (exact) mass is 353 g/mol. The molecule has 1 aliphatic heterocycles. The zero-order valence-corrected chi connectivity index (χ0v) is 15.5. The second-order valence-electron chi connectivity index (χ2n) is 7.04. The number of aromatic hydroxyl groups is 1. The van der Waals surface area contributed by atoms with Crippen LogP contribution in [0.2, 0.25) is 0 Å². The van der Waals surface area contributed by atoms with Crippen molar-refractivity contribution in [3.05, 3.63) is 54.1 Å². The highest BCUT2D eigenvalue weighted by atomic mass is 16.3. The van der Waals surface area contributed by atoms with Crippen LogP contribution >= 0.6 is 0 Å². The fourth-order valence-corrected chi connectivity index (χ4v) is 3.39. The molecule has 138 valence electrons. The Bertz CT molecular complexity index is 752. The van der Waals surface area contributed by atoms with E-state index in [-0.39, 0.29) is 5.91 Å². The van der Waals surface area contributed by atoms with Crippen molar-refractivity contribution in [1.82, 2.24) is 4.90 Å². The fraction of sp³-hybridized carbons (Fsp3) is 0.381. The highest BCUT2D eigenvalue weighted by Crippen LogP contribution is 2.27. The third kappa shape index (κ3) is 4.35. The van der Waals surface area contributed by atoms with E-state index >= 15 is 0 Å². The lowest BCUT2D eigenvalue weighted by molar-refractivity contribution is -0.117. The van der Waals surface area contributed by atoms with Crippen LogP contribution in [0.1, 0.15) is 25.3 Å². The molecule has 5 nitrogen and oxygen atoms in total. The van der Waals surface area contributed by atoms with Gasteiger partial charge in [-0.05, 0) is 29.7 Å². The molecule has 26 heavy (non-hydrogen) atoms.